The van der Waals surface area contributed by atoms with E-state index in [1.807, 2.05) is 31.2 Å². The van der Waals surface area contributed by atoms with E-state index in [4.69, 9.17) is 0 Å². The van der Waals surface area contributed by atoms with Crippen LogP contribution >= 0.6 is 0 Å². The zero-order chi connectivity index (χ0) is 21.5. The van der Waals surface area contributed by atoms with Gasteiger partial charge in [-0.3, -0.25) is 9.69 Å². The first-order chi connectivity index (χ1) is 14.5. The van der Waals surface area contributed by atoms with Crippen molar-refractivity contribution in [2.24, 2.45) is 5.10 Å². The summed E-state index contributed by atoms with van der Waals surface area (Å²) in [6.45, 7) is 9.76. The molecule has 0 atom stereocenters. The van der Waals surface area contributed by atoms with Crippen LogP contribution < -0.4 is 10.3 Å². The van der Waals surface area contributed by atoms with Crippen molar-refractivity contribution >= 4 is 17.3 Å². The summed E-state index contributed by atoms with van der Waals surface area (Å²) in [5, 5.41) is 14.5. The van der Waals surface area contributed by atoms with Crippen LogP contribution in [0.2, 0.25) is 0 Å². The molecule has 1 aliphatic heterocycles. The van der Waals surface area contributed by atoms with E-state index >= 15 is 0 Å². The lowest BCUT2D eigenvalue weighted by atomic mass is 10.0. The Morgan fingerprint density at radius 3 is 2.73 bits per heavy atom. The monoisotopic (exact) mass is 408 g/mol. The number of carbonyl (C=O) groups is 1. The molecule has 30 heavy (non-hydrogen) atoms. The van der Waals surface area contributed by atoms with E-state index < -0.39 is 0 Å². The summed E-state index contributed by atoms with van der Waals surface area (Å²) in [5.41, 5.74) is 7.58. The fraction of sp³-hybridized carbons (Fsp3) is 0.417. The van der Waals surface area contributed by atoms with Crippen LogP contribution in [0.5, 0.6) is 5.75 Å². The Kier molecular flexibility index (Phi) is 7.46. The van der Waals surface area contributed by atoms with Gasteiger partial charge in [-0.25, -0.2) is 5.43 Å². The highest BCUT2D eigenvalue weighted by Crippen LogP contribution is 2.26. The molecule has 6 heteroatoms. The van der Waals surface area contributed by atoms with Crippen LogP contribution in [0.25, 0.3) is 0 Å². The summed E-state index contributed by atoms with van der Waals surface area (Å²) < 4.78 is 0. The summed E-state index contributed by atoms with van der Waals surface area (Å²) in [5.74, 6) is 0.152. The van der Waals surface area contributed by atoms with Crippen molar-refractivity contribution in [2.75, 3.05) is 31.1 Å². The fourth-order valence-electron chi connectivity index (χ4n) is 3.82. The van der Waals surface area contributed by atoms with Gasteiger partial charge in [0.2, 0.25) is 0 Å². The Bertz CT molecular complexity index is 906. The van der Waals surface area contributed by atoms with Crippen LogP contribution in [-0.2, 0) is 17.8 Å². The molecular formula is C24H32N4O2. The molecule has 0 aliphatic carbocycles. The number of hydrazone groups is 1. The molecule has 0 fully saturated rings. The van der Waals surface area contributed by atoms with E-state index in [0.717, 1.165) is 49.3 Å². The van der Waals surface area contributed by atoms with Crippen LogP contribution in [0, 0.1) is 0 Å². The quantitative estimate of drug-likeness (QED) is 0.518. The second-order valence-electron chi connectivity index (χ2n) is 7.69. The highest BCUT2D eigenvalue weighted by molar-refractivity contribution is 5.99. The van der Waals surface area contributed by atoms with E-state index in [1.165, 1.54) is 5.56 Å². The molecule has 1 amide bonds. The molecule has 6 nitrogen and oxygen atoms in total. The minimum absolute atomic E-state index is 0.131. The number of fused-ring (bicyclic) bond motifs is 1. The van der Waals surface area contributed by atoms with Gasteiger partial charge in [0.15, 0.2) is 0 Å². The minimum atomic E-state index is -0.131. The summed E-state index contributed by atoms with van der Waals surface area (Å²) in [7, 11) is 0. The molecule has 160 valence electrons. The van der Waals surface area contributed by atoms with E-state index in [1.54, 1.807) is 6.07 Å². The zero-order valence-corrected chi connectivity index (χ0v) is 18.2. The van der Waals surface area contributed by atoms with Crippen LogP contribution in [-0.4, -0.2) is 47.8 Å². The van der Waals surface area contributed by atoms with Gasteiger partial charge in [0.05, 0.1) is 12.3 Å². The number of aromatic hydroxyl groups is 1. The first-order valence-corrected chi connectivity index (χ1v) is 10.7. The number of rotatable bonds is 8. The number of aryl methyl sites for hydroxylation is 1. The van der Waals surface area contributed by atoms with Crippen molar-refractivity contribution in [2.45, 2.75) is 40.2 Å². The molecule has 1 heterocycles. The normalized spacial score (nSPS) is 14.0. The Hall–Kier alpha value is -2.86. The average molecular weight is 409 g/mol. The van der Waals surface area contributed by atoms with Crippen LogP contribution in [0.3, 0.4) is 0 Å². The van der Waals surface area contributed by atoms with Gasteiger partial charge < -0.3 is 10.0 Å². The highest BCUT2D eigenvalue weighted by atomic mass is 16.3. The third-order valence-corrected chi connectivity index (χ3v) is 5.67. The summed E-state index contributed by atoms with van der Waals surface area (Å²) >= 11 is 0. The first kappa shape index (κ1) is 21.8. The average Bonchev–Trinajstić information content (AvgIpc) is 2.77. The summed E-state index contributed by atoms with van der Waals surface area (Å²) in [4.78, 5) is 16.8. The predicted molar refractivity (Wildman–Crippen MR) is 122 cm³/mol. The molecule has 2 N–H and O–H groups in total. The summed E-state index contributed by atoms with van der Waals surface area (Å²) in [6, 6.07) is 13.7. The Labute approximate surface area is 179 Å². The molecule has 0 unspecified atom stereocenters. The number of amides is 1. The van der Waals surface area contributed by atoms with Crippen LogP contribution in [0.4, 0.5) is 5.69 Å². The molecule has 2 aromatic carbocycles. The van der Waals surface area contributed by atoms with Gasteiger partial charge in [0, 0.05) is 24.3 Å². The maximum Gasteiger partial charge on any atom is 0.259 e. The van der Waals surface area contributed by atoms with Crippen molar-refractivity contribution in [3.8, 4) is 5.75 Å². The largest absolute Gasteiger partial charge is 0.508 e. The molecule has 0 saturated carbocycles. The molecule has 3 rings (SSSR count). The van der Waals surface area contributed by atoms with Crippen LogP contribution in [0.15, 0.2) is 47.6 Å². The predicted octanol–water partition coefficient (Wildman–Crippen LogP) is 3.53. The molecular weight excluding hydrogens is 376 g/mol. The molecule has 2 aromatic rings. The lowest BCUT2D eigenvalue weighted by Gasteiger charge is -2.30. The topological polar surface area (TPSA) is 68.2 Å². The summed E-state index contributed by atoms with van der Waals surface area (Å²) in [6.07, 6.45) is 2.11. The third-order valence-electron chi connectivity index (χ3n) is 5.67. The van der Waals surface area contributed by atoms with Crippen molar-refractivity contribution in [1.29, 1.82) is 0 Å². The van der Waals surface area contributed by atoms with E-state index in [2.05, 4.69) is 46.3 Å². The molecule has 0 spiro atoms. The van der Waals surface area contributed by atoms with Crippen LogP contribution in [0.1, 0.15) is 43.9 Å². The second kappa shape index (κ2) is 10.3. The smallest absolute Gasteiger partial charge is 0.259 e. The molecule has 0 bridgehead atoms. The maximum atomic E-state index is 12.5. The number of phenols is 1. The lowest BCUT2D eigenvalue weighted by molar-refractivity contribution is -0.119. The van der Waals surface area contributed by atoms with Crippen molar-refractivity contribution in [3.05, 3.63) is 59.2 Å². The number of nitrogens with zero attached hydrogens (tertiary/aromatic N) is 3. The highest BCUT2D eigenvalue weighted by Gasteiger charge is 2.18. The molecule has 0 saturated heterocycles. The van der Waals surface area contributed by atoms with Gasteiger partial charge in [-0.05, 0) is 68.2 Å². The molecule has 0 radical (unpaired) electrons. The zero-order valence-electron chi connectivity index (χ0n) is 18.2. The van der Waals surface area contributed by atoms with Crippen molar-refractivity contribution < 1.29 is 9.90 Å². The Morgan fingerprint density at radius 1 is 1.20 bits per heavy atom. The van der Waals surface area contributed by atoms with Gasteiger partial charge >= 0.3 is 0 Å². The number of phenolic OH excluding ortho intramolecular Hbond substituents is 1. The number of hydrogen-bond donors (Lipinski definition) is 2. The number of benzene rings is 2. The Balaban J connectivity index is 1.64. The van der Waals surface area contributed by atoms with E-state index in [9.17, 15) is 9.90 Å². The third kappa shape index (κ3) is 5.39. The molecule has 0 aromatic heterocycles. The Morgan fingerprint density at radius 2 is 1.97 bits per heavy atom. The van der Waals surface area contributed by atoms with E-state index in [-0.39, 0.29) is 18.2 Å². The maximum absolute atomic E-state index is 12.5. The number of nitrogens with one attached hydrogen (secondary N) is 1. The number of carbonyl (C=O) groups excluding carboxylic acids is 1. The lowest BCUT2D eigenvalue weighted by Crippen LogP contribution is -2.38. The van der Waals surface area contributed by atoms with E-state index in [0.29, 0.717) is 12.3 Å². The second-order valence-corrected chi connectivity index (χ2v) is 7.69. The minimum Gasteiger partial charge on any atom is -0.508 e. The first-order valence-electron chi connectivity index (χ1n) is 10.7. The van der Waals surface area contributed by atoms with Gasteiger partial charge in [-0.2, -0.15) is 5.10 Å². The standard InChI is InChI=1S/C24H32N4O2/c1-4-27(5-2)16-21-15-20(12-13-23(21)29)18(3)25-26-24(30)17-28-14-8-10-19-9-6-7-11-22(19)28/h6-7,9,11-13,15,29H,4-5,8,10,14,16-17H2,1-3H3,(H,26,30)/b25-18+. The number of hydrogen-bond acceptors (Lipinski definition) is 5. The SMILES string of the molecule is CCN(CC)Cc1cc(/C(C)=N/NC(=O)CN2CCCc3ccccc32)ccc1O. The number of para-hydroxylation sites is 1. The van der Waals surface area contributed by atoms with Gasteiger partial charge in [-0.15, -0.1) is 0 Å². The fourth-order valence-corrected chi connectivity index (χ4v) is 3.82. The number of anilines is 1. The van der Waals surface area contributed by atoms with Crippen molar-refractivity contribution in [3.63, 3.8) is 0 Å². The molecule has 1 aliphatic rings. The van der Waals surface area contributed by atoms with Crippen molar-refractivity contribution in [1.82, 2.24) is 10.3 Å². The van der Waals surface area contributed by atoms with Gasteiger partial charge in [0.1, 0.15) is 5.75 Å². The van der Waals surface area contributed by atoms with Gasteiger partial charge in [-0.1, -0.05) is 32.0 Å². The van der Waals surface area contributed by atoms with Gasteiger partial charge in [0.25, 0.3) is 5.91 Å².